The predicted molar refractivity (Wildman–Crippen MR) is 124 cm³/mol. The zero-order valence-corrected chi connectivity index (χ0v) is 19.5. The van der Waals surface area contributed by atoms with Gasteiger partial charge in [-0.15, -0.1) is 35.7 Å². The maximum Gasteiger partial charge on any atom is 0.193 e. The van der Waals surface area contributed by atoms with E-state index in [1.807, 2.05) is 11.8 Å². The third-order valence-electron chi connectivity index (χ3n) is 4.55. The number of aryl methyl sites for hydroxylation is 1. The fraction of sp³-hybridized carbons (Fsp3) is 0.650. The summed E-state index contributed by atoms with van der Waals surface area (Å²) >= 11 is 1.87. The van der Waals surface area contributed by atoms with Gasteiger partial charge >= 0.3 is 0 Å². The molecule has 1 aromatic rings. The molecule has 0 amide bonds. The van der Waals surface area contributed by atoms with Crippen molar-refractivity contribution in [2.75, 3.05) is 45.6 Å². The molecule has 1 aliphatic rings. The van der Waals surface area contributed by atoms with Crippen LogP contribution in [0.1, 0.15) is 31.7 Å². The zero-order chi connectivity index (χ0) is 17.9. The first-order chi connectivity index (χ1) is 12.2. The van der Waals surface area contributed by atoms with Crippen LogP contribution in [0.15, 0.2) is 34.2 Å². The normalized spacial score (nSPS) is 15.4. The summed E-state index contributed by atoms with van der Waals surface area (Å²) in [6.45, 7) is 8.91. The molecule has 1 fully saturated rings. The average Bonchev–Trinajstić information content (AvgIpc) is 2.64. The molecule has 0 aliphatic carbocycles. The number of aliphatic imine (C=N–C) groups is 1. The number of benzene rings is 1. The molecule has 1 saturated heterocycles. The lowest BCUT2D eigenvalue weighted by Gasteiger charge is -2.26. The lowest BCUT2D eigenvalue weighted by molar-refractivity contribution is 0.0625. The average molecular weight is 491 g/mol. The van der Waals surface area contributed by atoms with Gasteiger partial charge in [-0.1, -0.05) is 17.7 Å². The van der Waals surface area contributed by atoms with Gasteiger partial charge in [-0.3, -0.25) is 4.99 Å². The van der Waals surface area contributed by atoms with Gasteiger partial charge in [-0.25, -0.2) is 0 Å². The van der Waals surface area contributed by atoms with Crippen molar-refractivity contribution < 1.29 is 4.74 Å². The third kappa shape index (κ3) is 8.95. The maximum atomic E-state index is 5.45. The van der Waals surface area contributed by atoms with Gasteiger partial charge in [-0.2, -0.15) is 0 Å². The summed E-state index contributed by atoms with van der Waals surface area (Å²) in [5, 5.41) is 3.42. The molecule has 4 nitrogen and oxygen atoms in total. The minimum atomic E-state index is 0. The first-order valence-electron chi connectivity index (χ1n) is 9.45. The number of guanidine groups is 1. The Morgan fingerprint density at radius 2 is 1.96 bits per heavy atom. The molecular weight excluding hydrogens is 457 g/mol. The largest absolute Gasteiger partial charge is 0.381 e. The molecular formula is C20H34IN3OS. The Bertz CT molecular complexity index is 518. The van der Waals surface area contributed by atoms with E-state index in [4.69, 9.17) is 9.73 Å². The van der Waals surface area contributed by atoms with E-state index in [0.717, 1.165) is 50.5 Å². The quantitative estimate of drug-likeness (QED) is 0.192. The topological polar surface area (TPSA) is 36.9 Å². The van der Waals surface area contributed by atoms with E-state index in [-0.39, 0.29) is 24.0 Å². The molecule has 2 rings (SSSR count). The summed E-state index contributed by atoms with van der Waals surface area (Å²) in [6.07, 6.45) is 3.63. The SMILES string of the molecule is CCNC(=NCCSc1ccc(C)cc1)N(C)CCC1CCOCC1.I. The molecule has 1 aromatic carbocycles. The molecule has 0 bridgehead atoms. The highest BCUT2D eigenvalue weighted by Gasteiger charge is 2.15. The Labute approximate surface area is 180 Å². The van der Waals surface area contributed by atoms with E-state index in [1.165, 1.54) is 29.7 Å². The van der Waals surface area contributed by atoms with E-state index in [1.54, 1.807) is 0 Å². The van der Waals surface area contributed by atoms with Crippen LogP contribution in [0.25, 0.3) is 0 Å². The number of thioether (sulfide) groups is 1. The lowest BCUT2D eigenvalue weighted by atomic mass is 9.96. The Balaban J connectivity index is 0.00000338. The number of nitrogens with one attached hydrogen (secondary N) is 1. The van der Waals surface area contributed by atoms with Gasteiger partial charge in [-0.05, 0) is 51.2 Å². The predicted octanol–water partition coefficient (Wildman–Crippen LogP) is 4.42. The molecule has 0 aromatic heterocycles. The molecule has 1 heterocycles. The van der Waals surface area contributed by atoms with E-state index in [2.05, 4.69) is 55.4 Å². The molecule has 26 heavy (non-hydrogen) atoms. The highest BCUT2D eigenvalue weighted by atomic mass is 127. The highest BCUT2D eigenvalue weighted by molar-refractivity contribution is 14.0. The number of rotatable bonds is 8. The Hall–Kier alpha value is -0.470. The number of halogens is 1. The van der Waals surface area contributed by atoms with Crippen LogP contribution in [0.2, 0.25) is 0 Å². The highest BCUT2D eigenvalue weighted by Crippen LogP contribution is 2.19. The van der Waals surface area contributed by atoms with Crippen LogP contribution in [-0.4, -0.2) is 56.5 Å². The zero-order valence-electron chi connectivity index (χ0n) is 16.4. The fourth-order valence-electron chi connectivity index (χ4n) is 2.94. The summed E-state index contributed by atoms with van der Waals surface area (Å²) < 4.78 is 5.45. The van der Waals surface area contributed by atoms with Crippen LogP contribution < -0.4 is 5.32 Å². The molecule has 1 aliphatic heterocycles. The van der Waals surface area contributed by atoms with Gasteiger partial charge in [0.15, 0.2) is 5.96 Å². The van der Waals surface area contributed by atoms with Crippen molar-refractivity contribution in [1.82, 2.24) is 10.2 Å². The van der Waals surface area contributed by atoms with Gasteiger partial charge in [0.2, 0.25) is 0 Å². The number of nitrogens with zero attached hydrogens (tertiary/aromatic N) is 2. The lowest BCUT2D eigenvalue weighted by Crippen LogP contribution is -2.40. The molecule has 6 heteroatoms. The molecule has 148 valence electrons. The van der Waals surface area contributed by atoms with Crippen LogP contribution in [0.3, 0.4) is 0 Å². The van der Waals surface area contributed by atoms with Crippen molar-refractivity contribution in [3.63, 3.8) is 0 Å². The third-order valence-corrected chi connectivity index (χ3v) is 5.54. The van der Waals surface area contributed by atoms with Crippen molar-refractivity contribution >= 4 is 41.7 Å². The smallest absolute Gasteiger partial charge is 0.193 e. The number of hydrogen-bond donors (Lipinski definition) is 1. The Kier molecular flexibility index (Phi) is 12.4. The molecule has 0 radical (unpaired) electrons. The van der Waals surface area contributed by atoms with Crippen molar-refractivity contribution in [3.05, 3.63) is 29.8 Å². The Morgan fingerprint density at radius 3 is 2.62 bits per heavy atom. The Morgan fingerprint density at radius 1 is 1.27 bits per heavy atom. The van der Waals surface area contributed by atoms with Crippen molar-refractivity contribution in [1.29, 1.82) is 0 Å². The summed E-state index contributed by atoms with van der Waals surface area (Å²) in [6, 6.07) is 8.71. The minimum absolute atomic E-state index is 0. The molecule has 0 unspecified atom stereocenters. The van der Waals surface area contributed by atoms with Gasteiger partial charge in [0.05, 0.1) is 6.54 Å². The van der Waals surface area contributed by atoms with Gasteiger partial charge < -0.3 is 15.0 Å². The molecule has 0 atom stereocenters. The number of hydrogen-bond acceptors (Lipinski definition) is 3. The molecule has 0 saturated carbocycles. The van der Waals surface area contributed by atoms with Crippen LogP contribution in [0, 0.1) is 12.8 Å². The summed E-state index contributed by atoms with van der Waals surface area (Å²) in [4.78, 5) is 8.39. The van der Waals surface area contributed by atoms with E-state index in [9.17, 15) is 0 Å². The van der Waals surface area contributed by atoms with Crippen LogP contribution >= 0.6 is 35.7 Å². The van der Waals surface area contributed by atoms with Crippen molar-refractivity contribution in [3.8, 4) is 0 Å². The van der Waals surface area contributed by atoms with Crippen molar-refractivity contribution in [2.45, 2.75) is 38.0 Å². The number of ether oxygens (including phenoxy) is 1. The summed E-state index contributed by atoms with van der Waals surface area (Å²) in [7, 11) is 2.15. The molecule has 0 spiro atoms. The van der Waals surface area contributed by atoms with Gasteiger partial charge in [0, 0.05) is 44.0 Å². The minimum Gasteiger partial charge on any atom is -0.381 e. The van der Waals surface area contributed by atoms with Crippen molar-refractivity contribution in [2.24, 2.45) is 10.9 Å². The van der Waals surface area contributed by atoms with Crippen LogP contribution in [0.4, 0.5) is 0 Å². The van der Waals surface area contributed by atoms with Gasteiger partial charge in [0.1, 0.15) is 0 Å². The van der Waals surface area contributed by atoms with Crippen LogP contribution in [0.5, 0.6) is 0 Å². The summed E-state index contributed by atoms with van der Waals surface area (Å²) in [5.74, 6) is 2.83. The van der Waals surface area contributed by atoms with E-state index < -0.39 is 0 Å². The second kappa shape index (κ2) is 13.7. The van der Waals surface area contributed by atoms with E-state index >= 15 is 0 Å². The second-order valence-electron chi connectivity index (χ2n) is 6.66. The molecule has 1 N–H and O–H groups in total. The fourth-order valence-corrected chi connectivity index (χ4v) is 3.68. The van der Waals surface area contributed by atoms with E-state index in [0.29, 0.717) is 0 Å². The monoisotopic (exact) mass is 491 g/mol. The summed E-state index contributed by atoms with van der Waals surface area (Å²) in [5.41, 5.74) is 1.31. The van der Waals surface area contributed by atoms with Gasteiger partial charge in [0.25, 0.3) is 0 Å². The van der Waals surface area contributed by atoms with Crippen LogP contribution in [-0.2, 0) is 4.74 Å². The first kappa shape index (κ1) is 23.6. The maximum absolute atomic E-state index is 5.45. The standard InChI is InChI=1S/C20H33N3OS.HI/c1-4-21-20(23(3)13-9-18-10-14-24-15-11-18)22-12-16-25-19-7-5-17(2)6-8-19;/h5-8,18H,4,9-16H2,1-3H3,(H,21,22);1H. The second-order valence-corrected chi connectivity index (χ2v) is 7.83. The first-order valence-corrected chi connectivity index (χ1v) is 10.4.